The third kappa shape index (κ3) is 3.95. The number of benzene rings is 3. The van der Waals surface area contributed by atoms with Crippen LogP contribution in [0.25, 0.3) is 16.0 Å². The number of aromatic nitrogens is 1. The number of ether oxygens (including phenoxy) is 2. The van der Waals surface area contributed by atoms with Crippen LogP contribution in [0.3, 0.4) is 0 Å². The zero-order chi connectivity index (χ0) is 26.6. The lowest BCUT2D eigenvalue weighted by Gasteiger charge is -2.23. The molecule has 1 amide bonds. The van der Waals surface area contributed by atoms with Gasteiger partial charge in [0.05, 0.1) is 28.4 Å². The molecular weight excluding hydrogens is 504 g/mol. The Labute approximate surface area is 222 Å². The molecule has 2 atom stereocenters. The minimum absolute atomic E-state index is 0.0162. The topological polar surface area (TPSA) is 109 Å². The van der Waals surface area contributed by atoms with Crippen molar-refractivity contribution in [2.75, 3.05) is 11.5 Å². The molecule has 3 heterocycles. The Morgan fingerprint density at radius 3 is 2.79 bits per heavy atom. The number of carbonyl (C=O) groups excluding carboxylic acids is 2. The van der Waals surface area contributed by atoms with Gasteiger partial charge in [-0.2, -0.15) is 0 Å². The molecule has 1 saturated heterocycles. The van der Waals surface area contributed by atoms with E-state index in [9.17, 15) is 19.8 Å². The summed E-state index contributed by atoms with van der Waals surface area (Å²) in [6.07, 6.45) is 0.693. The second-order valence-electron chi connectivity index (χ2n) is 9.28. The second-order valence-corrected chi connectivity index (χ2v) is 10.3. The average molecular weight is 529 g/mol. The summed E-state index contributed by atoms with van der Waals surface area (Å²) in [5, 5.41) is 22.0. The molecule has 0 aliphatic carbocycles. The lowest BCUT2D eigenvalue weighted by Crippen LogP contribution is -2.29. The molecule has 0 unspecified atom stereocenters. The molecule has 38 heavy (non-hydrogen) atoms. The Hall–Kier alpha value is -4.37. The molecular formula is C29H24N2O6S. The van der Waals surface area contributed by atoms with Crippen molar-refractivity contribution in [2.24, 2.45) is 0 Å². The quantitative estimate of drug-likeness (QED) is 0.204. The van der Waals surface area contributed by atoms with Crippen molar-refractivity contribution >= 4 is 44.1 Å². The molecule has 0 saturated carbocycles. The van der Waals surface area contributed by atoms with Crippen LogP contribution >= 0.6 is 11.3 Å². The van der Waals surface area contributed by atoms with Crippen LogP contribution in [0.15, 0.2) is 66.2 Å². The van der Waals surface area contributed by atoms with Crippen LogP contribution in [0.5, 0.6) is 17.2 Å². The average Bonchev–Trinajstić information content (AvgIpc) is 3.56. The number of ketones is 1. The number of aromatic hydroxyl groups is 1. The number of amides is 1. The van der Waals surface area contributed by atoms with E-state index in [1.807, 2.05) is 19.9 Å². The lowest BCUT2D eigenvalue weighted by molar-refractivity contribution is -0.132. The van der Waals surface area contributed by atoms with Crippen molar-refractivity contribution in [3.8, 4) is 17.2 Å². The highest BCUT2D eigenvalue weighted by Crippen LogP contribution is 2.45. The third-order valence-electron chi connectivity index (χ3n) is 6.67. The number of hydrogen-bond acceptors (Lipinski definition) is 8. The van der Waals surface area contributed by atoms with Crippen LogP contribution in [0.1, 0.15) is 36.6 Å². The molecule has 8 nitrogen and oxygen atoms in total. The van der Waals surface area contributed by atoms with Gasteiger partial charge in [-0.3, -0.25) is 14.5 Å². The smallest absolute Gasteiger partial charge is 0.301 e. The van der Waals surface area contributed by atoms with E-state index in [-0.39, 0.29) is 23.2 Å². The molecule has 6 rings (SSSR count). The number of anilines is 1. The first kappa shape index (κ1) is 24.0. The van der Waals surface area contributed by atoms with Crippen molar-refractivity contribution < 1.29 is 29.3 Å². The predicted octanol–water partition coefficient (Wildman–Crippen LogP) is 5.35. The first-order valence-corrected chi connectivity index (χ1v) is 13.1. The fourth-order valence-electron chi connectivity index (χ4n) is 5.02. The number of aliphatic hydroxyl groups excluding tert-OH is 1. The minimum Gasteiger partial charge on any atom is -0.508 e. The van der Waals surface area contributed by atoms with Crippen LogP contribution in [-0.2, 0) is 16.0 Å². The molecule has 2 aliphatic heterocycles. The summed E-state index contributed by atoms with van der Waals surface area (Å²) in [5.41, 5.74) is 2.38. The van der Waals surface area contributed by atoms with E-state index in [0.29, 0.717) is 40.6 Å². The summed E-state index contributed by atoms with van der Waals surface area (Å²) in [6.45, 7) is 4.37. The van der Waals surface area contributed by atoms with Gasteiger partial charge in [0.2, 0.25) is 0 Å². The molecule has 192 valence electrons. The number of phenols is 1. The molecule has 0 radical (unpaired) electrons. The number of rotatable bonds is 5. The van der Waals surface area contributed by atoms with Crippen molar-refractivity contribution in [1.82, 2.24) is 4.98 Å². The maximum absolute atomic E-state index is 13.5. The highest BCUT2D eigenvalue weighted by molar-refractivity contribution is 7.22. The summed E-state index contributed by atoms with van der Waals surface area (Å²) in [6, 6.07) is 16.0. The summed E-state index contributed by atoms with van der Waals surface area (Å²) in [4.78, 5) is 32.9. The van der Waals surface area contributed by atoms with Gasteiger partial charge in [-0.1, -0.05) is 23.5 Å². The maximum atomic E-state index is 13.5. The Kier molecular flexibility index (Phi) is 5.80. The number of aliphatic hydroxyl groups is 1. The fraction of sp³-hybridized carbons (Fsp3) is 0.207. The normalized spacial score (nSPS) is 20.1. The lowest BCUT2D eigenvalue weighted by atomic mass is 9.94. The zero-order valence-electron chi connectivity index (χ0n) is 20.7. The van der Waals surface area contributed by atoms with Gasteiger partial charge in [-0.05, 0) is 73.5 Å². The molecule has 3 aromatic carbocycles. The van der Waals surface area contributed by atoms with Gasteiger partial charge in [0.1, 0.15) is 29.1 Å². The number of hydrogen-bond donors (Lipinski definition) is 2. The van der Waals surface area contributed by atoms with Gasteiger partial charge in [-0.25, -0.2) is 4.98 Å². The molecule has 1 fully saturated rings. The predicted molar refractivity (Wildman–Crippen MR) is 144 cm³/mol. The van der Waals surface area contributed by atoms with E-state index in [1.165, 1.54) is 28.4 Å². The summed E-state index contributed by atoms with van der Waals surface area (Å²) >= 11 is 1.25. The fourth-order valence-corrected chi connectivity index (χ4v) is 6.04. The van der Waals surface area contributed by atoms with Gasteiger partial charge >= 0.3 is 5.91 Å². The van der Waals surface area contributed by atoms with Gasteiger partial charge in [0.25, 0.3) is 5.78 Å². The molecule has 1 aromatic heterocycles. The number of thiazole rings is 1. The van der Waals surface area contributed by atoms with E-state index in [1.54, 1.807) is 42.5 Å². The zero-order valence-corrected chi connectivity index (χ0v) is 21.5. The van der Waals surface area contributed by atoms with Gasteiger partial charge < -0.3 is 19.7 Å². The standard InChI is InChI=1S/C29H24N2O6S/c1-3-36-20-8-9-21-23(14-20)38-29(30-21)31-25(16-5-4-6-19(32)13-16)24(27(34)28(31)35)26(33)17-7-10-22-18(12-17)11-15(2)37-22/h4-10,12-15,25,32-33H,3,11H2,1-2H3/t15-,25-/m1/s1. The minimum atomic E-state index is -0.988. The van der Waals surface area contributed by atoms with Crippen LogP contribution in [-0.4, -0.2) is 39.6 Å². The van der Waals surface area contributed by atoms with E-state index in [4.69, 9.17) is 9.47 Å². The number of nitrogens with zero attached hydrogens (tertiary/aromatic N) is 2. The van der Waals surface area contributed by atoms with Crippen LogP contribution in [0.4, 0.5) is 5.13 Å². The Balaban J connectivity index is 1.51. The molecule has 0 bridgehead atoms. The summed E-state index contributed by atoms with van der Waals surface area (Å²) < 4.78 is 12.1. The Bertz CT molecular complexity index is 1640. The van der Waals surface area contributed by atoms with Gasteiger partial charge in [-0.15, -0.1) is 0 Å². The molecule has 2 aliphatic rings. The Morgan fingerprint density at radius 2 is 2.00 bits per heavy atom. The van der Waals surface area contributed by atoms with Crippen molar-refractivity contribution in [3.05, 3.63) is 82.9 Å². The monoisotopic (exact) mass is 528 g/mol. The second kappa shape index (κ2) is 9.18. The van der Waals surface area contributed by atoms with Gasteiger partial charge in [0, 0.05) is 12.0 Å². The number of phenolic OH excluding ortho intramolecular Hbond substituents is 1. The highest BCUT2D eigenvalue weighted by Gasteiger charge is 2.48. The summed E-state index contributed by atoms with van der Waals surface area (Å²) in [5.74, 6) is -0.530. The van der Waals surface area contributed by atoms with Crippen molar-refractivity contribution in [1.29, 1.82) is 0 Å². The number of fused-ring (bicyclic) bond motifs is 2. The number of carbonyl (C=O) groups is 2. The van der Waals surface area contributed by atoms with Gasteiger partial charge in [0.15, 0.2) is 5.13 Å². The number of Topliss-reactive ketones (excluding diaryl/α,β-unsaturated/α-hetero) is 1. The molecule has 9 heteroatoms. The van der Waals surface area contributed by atoms with Crippen LogP contribution in [0, 0.1) is 0 Å². The van der Waals surface area contributed by atoms with E-state index >= 15 is 0 Å². The van der Waals surface area contributed by atoms with Crippen LogP contribution in [0.2, 0.25) is 0 Å². The highest BCUT2D eigenvalue weighted by atomic mass is 32.1. The summed E-state index contributed by atoms with van der Waals surface area (Å²) in [7, 11) is 0. The van der Waals surface area contributed by atoms with Crippen molar-refractivity contribution in [2.45, 2.75) is 32.4 Å². The van der Waals surface area contributed by atoms with Crippen molar-refractivity contribution in [3.63, 3.8) is 0 Å². The molecule has 0 spiro atoms. The van der Waals surface area contributed by atoms with Crippen LogP contribution < -0.4 is 14.4 Å². The van der Waals surface area contributed by atoms with E-state index in [2.05, 4.69) is 4.98 Å². The largest absolute Gasteiger partial charge is 0.508 e. The molecule has 2 N–H and O–H groups in total. The first-order chi connectivity index (χ1) is 18.3. The SMILES string of the molecule is CCOc1ccc2nc(N3C(=O)C(=O)C(=C(O)c4ccc5c(c4)C[C@@H](C)O5)[C@H]3c3cccc(O)c3)sc2c1. The Morgan fingerprint density at radius 1 is 1.16 bits per heavy atom. The first-order valence-electron chi connectivity index (χ1n) is 12.3. The van der Waals surface area contributed by atoms with E-state index < -0.39 is 17.7 Å². The molecule has 4 aromatic rings. The van der Waals surface area contributed by atoms with E-state index in [0.717, 1.165) is 16.0 Å². The maximum Gasteiger partial charge on any atom is 0.301 e. The third-order valence-corrected chi connectivity index (χ3v) is 7.68.